The van der Waals surface area contributed by atoms with Gasteiger partial charge in [-0.1, -0.05) is 0 Å². The molecule has 0 saturated heterocycles. The second-order valence-electron chi connectivity index (χ2n) is 4.23. The van der Waals surface area contributed by atoms with Gasteiger partial charge in [-0.05, 0) is 37.6 Å². The summed E-state index contributed by atoms with van der Waals surface area (Å²) in [6.07, 6.45) is 4.39. The summed E-state index contributed by atoms with van der Waals surface area (Å²) in [5, 5.41) is 11.5. The molecule has 0 aromatic carbocycles. The van der Waals surface area contributed by atoms with E-state index in [1.54, 1.807) is 12.4 Å². The highest BCUT2D eigenvalue weighted by Gasteiger charge is 2.00. The first kappa shape index (κ1) is 12.4. The molecule has 5 heteroatoms. The van der Waals surface area contributed by atoms with E-state index < -0.39 is 0 Å². The summed E-state index contributed by atoms with van der Waals surface area (Å²) in [4.78, 5) is 3.97. The molecular formula is C13H17N5. The molecule has 0 saturated carbocycles. The minimum atomic E-state index is 0.196. The smallest absolute Gasteiger partial charge is 0.148 e. The zero-order valence-corrected chi connectivity index (χ0v) is 10.4. The molecule has 2 heterocycles. The van der Waals surface area contributed by atoms with Crippen LogP contribution in [0.15, 0.2) is 36.7 Å². The Hall–Kier alpha value is -2.01. The largest absolute Gasteiger partial charge is 0.369 e. The van der Waals surface area contributed by atoms with E-state index in [1.165, 1.54) is 0 Å². The fourth-order valence-electron chi connectivity index (χ4n) is 1.53. The van der Waals surface area contributed by atoms with Gasteiger partial charge in [-0.3, -0.25) is 4.98 Å². The van der Waals surface area contributed by atoms with Gasteiger partial charge in [0.05, 0.1) is 5.69 Å². The first-order chi connectivity index (χ1) is 8.75. The predicted octanol–water partition coefficient (Wildman–Crippen LogP) is 1.69. The quantitative estimate of drug-likeness (QED) is 0.835. The molecule has 2 aromatic rings. The fraction of sp³-hybridized carbons (Fsp3) is 0.308. The normalized spacial score (nSPS) is 12.1. The molecule has 0 aliphatic heterocycles. The molecule has 0 aliphatic rings. The van der Waals surface area contributed by atoms with Crippen LogP contribution >= 0.6 is 0 Å². The van der Waals surface area contributed by atoms with Crippen LogP contribution in [-0.2, 0) is 0 Å². The van der Waals surface area contributed by atoms with Crippen molar-refractivity contribution >= 4 is 5.82 Å². The minimum absolute atomic E-state index is 0.196. The van der Waals surface area contributed by atoms with E-state index >= 15 is 0 Å². The highest BCUT2D eigenvalue weighted by Crippen LogP contribution is 2.15. The van der Waals surface area contributed by atoms with E-state index in [1.807, 2.05) is 31.2 Å². The van der Waals surface area contributed by atoms with Gasteiger partial charge in [-0.2, -0.15) is 0 Å². The van der Waals surface area contributed by atoms with Gasteiger partial charge in [-0.15, -0.1) is 10.2 Å². The van der Waals surface area contributed by atoms with Crippen LogP contribution in [0.25, 0.3) is 11.3 Å². The average molecular weight is 243 g/mol. The van der Waals surface area contributed by atoms with E-state index in [-0.39, 0.29) is 6.04 Å². The molecule has 0 spiro atoms. The number of hydrogen-bond donors (Lipinski definition) is 2. The van der Waals surface area contributed by atoms with Crippen LogP contribution in [0.2, 0.25) is 0 Å². The van der Waals surface area contributed by atoms with Crippen LogP contribution in [0.1, 0.15) is 13.3 Å². The van der Waals surface area contributed by atoms with Crippen molar-refractivity contribution in [3.8, 4) is 11.3 Å². The van der Waals surface area contributed by atoms with E-state index in [0.29, 0.717) is 0 Å². The summed E-state index contributed by atoms with van der Waals surface area (Å²) >= 11 is 0. The van der Waals surface area contributed by atoms with Crippen LogP contribution in [0, 0.1) is 0 Å². The van der Waals surface area contributed by atoms with Gasteiger partial charge in [0.15, 0.2) is 0 Å². The topological polar surface area (TPSA) is 76.7 Å². The lowest BCUT2D eigenvalue weighted by atomic mass is 10.2. The number of nitrogens with zero attached hydrogens (tertiary/aromatic N) is 3. The second kappa shape index (κ2) is 6.07. The van der Waals surface area contributed by atoms with E-state index in [9.17, 15) is 0 Å². The van der Waals surface area contributed by atoms with Crippen molar-refractivity contribution in [2.75, 3.05) is 11.9 Å². The van der Waals surface area contributed by atoms with Crippen LogP contribution in [-0.4, -0.2) is 27.8 Å². The highest BCUT2D eigenvalue weighted by molar-refractivity contribution is 5.58. The van der Waals surface area contributed by atoms with Gasteiger partial charge in [0, 0.05) is 30.5 Å². The molecule has 5 nitrogen and oxygen atoms in total. The minimum Gasteiger partial charge on any atom is -0.369 e. The summed E-state index contributed by atoms with van der Waals surface area (Å²) < 4.78 is 0. The molecule has 0 aliphatic carbocycles. The first-order valence-corrected chi connectivity index (χ1v) is 5.99. The van der Waals surface area contributed by atoms with Gasteiger partial charge in [0.25, 0.3) is 0 Å². The van der Waals surface area contributed by atoms with Crippen molar-refractivity contribution in [3.05, 3.63) is 36.7 Å². The van der Waals surface area contributed by atoms with Crippen molar-refractivity contribution in [2.24, 2.45) is 5.73 Å². The SMILES string of the molecule is CC(N)CCNc1ccc(-c2ccncc2)nn1. The Labute approximate surface area is 106 Å². The lowest BCUT2D eigenvalue weighted by Gasteiger charge is -2.07. The molecule has 1 unspecified atom stereocenters. The second-order valence-corrected chi connectivity index (χ2v) is 4.23. The molecule has 18 heavy (non-hydrogen) atoms. The Morgan fingerprint density at radius 3 is 2.56 bits per heavy atom. The maximum Gasteiger partial charge on any atom is 0.148 e. The molecule has 0 radical (unpaired) electrons. The monoisotopic (exact) mass is 243 g/mol. The van der Waals surface area contributed by atoms with E-state index in [0.717, 1.165) is 30.0 Å². The number of rotatable bonds is 5. The molecule has 0 fully saturated rings. The zero-order chi connectivity index (χ0) is 12.8. The maximum absolute atomic E-state index is 5.67. The zero-order valence-electron chi connectivity index (χ0n) is 10.4. The third kappa shape index (κ3) is 3.49. The average Bonchev–Trinajstić information content (AvgIpc) is 2.40. The molecule has 94 valence electrons. The Bertz CT molecular complexity index is 467. The van der Waals surface area contributed by atoms with Gasteiger partial charge in [-0.25, -0.2) is 0 Å². The van der Waals surface area contributed by atoms with E-state index in [4.69, 9.17) is 5.73 Å². The molecular weight excluding hydrogens is 226 g/mol. The van der Waals surface area contributed by atoms with E-state index in [2.05, 4.69) is 20.5 Å². The molecule has 0 bridgehead atoms. The summed E-state index contributed by atoms with van der Waals surface area (Å²) in [5.74, 6) is 0.772. The standard InChI is InChI=1S/C13H17N5/c1-10(14)4-9-16-13-3-2-12(17-18-13)11-5-7-15-8-6-11/h2-3,5-8,10H,4,9,14H2,1H3,(H,16,18). The molecule has 2 aromatic heterocycles. The molecule has 1 atom stereocenters. The number of pyridine rings is 1. The number of nitrogens with one attached hydrogen (secondary N) is 1. The Kier molecular flexibility index (Phi) is 4.20. The van der Waals surface area contributed by atoms with Crippen molar-refractivity contribution in [3.63, 3.8) is 0 Å². The third-order valence-corrected chi connectivity index (χ3v) is 2.55. The highest BCUT2D eigenvalue weighted by atomic mass is 15.2. The molecule has 0 amide bonds. The van der Waals surface area contributed by atoms with Crippen LogP contribution < -0.4 is 11.1 Å². The Morgan fingerprint density at radius 1 is 1.17 bits per heavy atom. The number of hydrogen-bond acceptors (Lipinski definition) is 5. The number of aromatic nitrogens is 3. The van der Waals surface area contributed by atoms with Gasteiger partial charge < -0.3 is 11.1 Å². The maximum atomic E-state index is 5.67. The van der Waals surface area contributed by atoms with Crippen molar-refractivity contribution in [1.29, 1.82) is 0 Å². The predicted molar refractivity (Wildman–Crippen MR) is 72.0 cm³/mol. The third-order valence-electron chi connectivity index (χ3n) is 2.55. The summed E-state index contributed by atoms with van der Waals surface area (Å²) in [6, 6.07) is 7.88. The van der Waals surface area contributed by atoms with Crippen molar-refractivity contribution < 1.29 is 0 Å². The van der Waals surface area contributed by atoms with Crippen molar-refractivity contribution in [1.82, 2.24) is 15.2 Å². The Balaban J connectivity index is 1.98. The summed E-state index contributed by atoms with van der Waals surface area (Å²) in [5.41, 5.74) is 7.53. The van der Waals surface area contributed by atoms with Crippen molar-refractivity contribution in [2.45, 2.75) is 19.4 Å². The van der Waals surface area contributed by atoms with Crippen LogP contribution in [0.4, 0.5) is 5.82 Å². The number of anilines is 1. The van der Waals surface area contributed by atoms with Gasteiger partial charge in [0.2, 0.25) is 0 Å². The lowest BCUT2D eigenvalue weighted by molar-refractivity contribution is 0.688. The fourth-order valence-corrected chi connectivity index (χ4v) is 1.53. The molecule has 2 rings (SSSR count). The Morgan fingerprint density at radius 2 is 1.94 bits per heavy atom. The molecule has 3 N–H and O–H groups in total. The van der Waals surface area contributed by atoms with Gasteiger partial charge >= 0.3 is 0 Å². The summed E-state index contributed by atoms with van der Waals surface area (Å²) in [6.45, 7) is 2.79. The van der Waals surface area contributed by atoms with Crippen LogP contribution in [0.5, 0.6) is 0 Å². The van der Waals surface area contributed by atoms with Crippen LogP contribution in [0.3, 0.4) is 0 Å². The van der Waals surface area contributed by atoms with Gasteiger partial charge in [0.1, 0.15) is 5.82 Å². The lowest BCUT2D eigenvalue weighted by Crippen LogP contribution is -2.19. The first-order valence-electron chi connectivity index (χ1n) is 5.99. The number of nitrogens with two attached hydrogens (primary N) is 1. The summed E-state index contributed by atoms with van der Waals surface area (Å²) in [7, 11) is 0.